The molecular weight excluding hydrogens is 830 g/mol. The van der Waals surface area contributed by atoms with E-state index in [1.54, 1.807) is 0 Å². The van der Waals surface area contributed by atoms with Gasteiger partial charge >= 0.3 is 0 Å². The van der Waals surface area contributed by atoms with E-state index in [1.165, 1.54) is 77.1 Å². The number of hydrogen-bond donors (Lipinski definition) is 0. The Bertz CT molecular complexity index is 3830. The molecule has 0 saturated heterocycles. The molecule has 0 fully saturated rings. The number of benzene rings is 10. The fraction of sp³-hybridized carbons (Fsp3) is 0.0159. The van der Waals surface area contributed by atoms with E-state index in [9.17, 15) is 0 Å². The maximum absolute atomic E-state index is 5.32. The van der Waals surface area contributed by atoms with Gasteiger partial charge in [-0.15, -0.1) is 0 Å². The van der Waals surface area contributed by atoms with E-state index in [-0.39, 0.29) is 0 Å². The average Bonchev–Trinajstić information content (AvgIpc) is 4.04. The minimum absolute atomic E-state index is 0.504. The molecule has 2 heterocycles. The molecule has 0 radical (unpaired) electrons. The lowest BCUT2D eigenvalue weighted by atomic mass is 9.70. The molecule has 0 amide bonds. The summed E-state index contributed by atoms with van der Waals surface area (Å²) in [7, 11) is -0.700. The smallest absolute Gasteiger partial charge is 0.149 e. The standard InChI is InChI=1S/C63H40N3P/c1-4-16-42(17-5-1)61-64-58-37-32-43(38-53(58)62-65-59-26-14-15-27-60(59)66(61)62)45-31-36-52-51-35-30-44(41-28-33-48(34-29-41)67(46-18-6-2-7-19-46)47-20-8-3-9-21-47)39-56(51)63(57(52)40-45)54-24-12-10-22-49(54)50-23-11-13-25-55(50)63/h1-40H. The Morgan fingerprint density at radius 2 is 0.806 bits per heavy atom. The molecule has 0 N–H and O–H groups in total. The van der Waals surface area contributed by atoms with E-state index < -0.39 is 13.3 Å². The van der Waals surface area contributed by atoms with Gasteiger partial charge in [0.1, 0.15) is 11.5 Å². The minimum atomic E-state index is -0.700. The van der Waals surface area contributed by atoms with Crippen molar-refractivity contribution < 1.29 is 0 Å². The van der Waals surface area contributed by atoms with Crippen LogP contribution in [-0.2, 0) is 5.41 Å². The molecule has 0 unspecified atom stereocenters. The van der Waals surface area contributed by atoms with Crippen molar-refractivity contribution in [1.29, 1.82) is 0 Å². The molecular formula is C63H40N3P. The van der Waals surface area contributed by atoms with Crippen molar-refractivity contribution in [3.05, 3.63) is 265 Å². The number of para-hydroxylation sites is 2. The van der Waals surface area contributed by atoms with Crippen molar-refractivity contribution in [1.82, 2.24) is 14.4 Å². The normalized spacial score (nSPS) is 13.0. The summed E-state index contributed by atoms with van der Waals surface area (Å²) in [5.41, 5.74) is 19.6. The maximum atomic E-state index is 5.32. The van der Waals surface area contributed by atoms with Crippen LogP contribution in [0.3, 0.4) is 0 Å². The number of nitrogens with zero attached hydrogens (tertiary/aromatic N) is 3. The molecule has 12 aromatic rings. The largest absolute Gasteiger partial charge is 0.276 e. The zero-order valence-corrected chi connectivity index (χ0v) is 37.3. The summed E-state index contributed by atoms with van der Waals surface area (Å²) in [5.74, 6) is 0.889. The van der Waals surface area contributed by atoms with Crippen molar-refractivity contribution in [3.8, 4) is 55.9 Å². The summed E-state index contributed by atoms with van der Waals surface area (Å²) in [6.07, 6.45) is 0. The molecule has 2 aliphatic rings. The Labute approximate surface area is 390 Å². The van der Waals surface area contributed by atoms with Crippen LogP contribution in [0.2, 0.25) is 0 Å². The Morgan fingerprint density at radius 3 is 1.45 bits per heavy atom. The number of fused-ring (bicyclic) bond motifs is 15. The van der Waals surface area contributed by atoms with Crippen LogP contribution < -0.4 is 15.9 Å². The lowest BCUT2D eigenvalue weighted by Crippen LogP contribution is -2.26. The highest BCUT2D eigenvalue weighted by Gasteiger charge is 2.51. The summed E-state index contributed by atoms with van der Waals surface area (Å²) in [4.78, 5) is 10.6. The molecule has 0 atom stereocenters. The van der Waals surface area contributed by atoms with Gasteiger partial charge in [0.05, 0.1) is 22.0 Å². The fourth-order valence-electron chi connectivity index (χ4n) is 11.3. The van der Waals surface area contributed by atoms with Crippen molar-refractivity contribution in [2.45, 2.75) is 5.41 Å². The lowest BCUT2D eigenvalue weighted by Gasteiger charge is -2.31. The zero-order chi connectivity index (χ0) is 44.1. The number of aromatic nitrogens is 3. The Hall–Kier alpha value is -8.23. The second-order valence-corrected chi connectivity index (χ2v) is 19.9. The van der Waals surface area contributed by atoms with E-state index >= 15 is 0 Å². The van der Waals surface area contributed by atoms with E-state index in [2.05, 4.69) is 241 Å². The van der Waals surface area contributed by atoms with Crippen molar-refractivity contribution in [2.24, 2.45) is 0 Å². The van der Waals surface area contributed by atoms with Crippen LogP contribution in [0.25, 0.3) is 83.5 Å². The van der Waals surface area contributed by atoms with Gasteiger partial charge in [-0.1, -0.05) is 206 Å². The molecule has 14 rings (SSSR count). The van der Waals surface area contributed by atoms with Crippen LogP contribution in [0.5, 0.6) is 0 Å². The van der Waals surface area contributed by atoms with Gasteiger partial charge in [0, 0.05) is 10.9 Å². The molecule has 2 aromatic heterocycles. The number of hydrogen-bond acceptors (Lipinski definition) is 2. The van der Waals surface area contributed by atoms with E-state index in [0.717, 1.165) is 44.5 Å². The lowest BCUT2D eigenvalue weighted by molar-refractivity contribution is 0.794. The van der Waals surface area contributed by atoms with Gasteiger partial charge in [0.15, 0.2) is 0 Å². The van der Waals surface area contributed by atoms with Crippen LogP contribution in [0.1, 0.15) is 22.3 Å². The van der Waals surface area contributed by atoms with E-state index in [4.69, 9.17) is 9.97 Å². The summed E-state index contributed by atoms with van der Waals surface area (Å²) >= 11 is 0. The highest BCUT2D eigenvalue weighted by Crippen LogP contribution is 2.63. The summed E-state index contributed by atoms with van der Waals surface area (Å²) in [6.45, 7) is 0. The van der Waals surface area contributed by atoms with Crippen molar-refractivity contribution in [3.63, 3.8) is 0 Å². The third-order valence-electron chi connectivity index (χ3n) is 14.2. The van der Waals surface area contributed by atoms with Crippen LogP contribution in [-0.4, -0.2) is 14.4 Å². The van der Waals surface area contributed by atoms with Gasteiger partial charge in [-0.2, -0.15) is 0 Å². The molecule has 0 saturated carbocycles. The highest BCUT2D eigenvalue weighted by atomic mass is 31.1. The van der Waals surface area contributed by atoms with E-state index in [0.29, 0.717) is 0 Å². The molecule has 10 aromatic carbocycles. The van der Waals surface area contributed by atoms with Gasteiger partial charge in [-0.3, -0.25) is 4.40 Å². The minimum Gasteiger partial charge on any atom is -0.276 e. The zero-order valence-electron chi connectivity index (χ0n) is 36.4. The third kappa shape index (κ3) is 5.69. The van der Waals surface area contributed by atoms with Crippen LogP contribution in [0.4, 0.5) is 0 Å². The first kappa shape index (κ1) is 38.1. The number of imidazole rings is 1. The molecule has 0 bridgehead atoms. The van der Waals surface area contributed by atoms with Gasteiger partial charge in [0.2, 0.25) is 0 Å². The molecule has 0 aliphatic heterocycles. The summed E-state index contributed by atoms with van der Waals surface area (Å²) in [6, 6.07) is 89.3. The molecule has 3 nitrogen and oxygen atoms in total. The van der Waals surface area contributed by atoms with Gasteiger partial charge in [-0.05, 0) is 127 Å². The predicted octanol–water partition coefficient (Wildman–Crippen LogP) is 14.1. The van der Waals surface area contributed by atoms with Crippen molar-refractivity contribution >= 4 is 51.4 Å². The Balaban J connectivity index is 0.936. The van der Waals surface area contributed by atoms with Crippen LogP contribution in [0.15, 0.2) is 243 Å². The maximum Gasteiger partial charge on any atom is 0.149 e. The van der Waals surface area contributed by atoms with Gasteiger partial charge in [-0.25, -0.2) is 9.97 Å². The van der Waals surface area contributed by atoms with Crippen molar-refractivity contribution in [2.75, 3.05) is 0 Å². The molecule has 67 heavy (non-hydrogen) atoms. The Morgan fingerprint density at radius 1 is 0.328 bits per heavy atom. The first-order valence-corrected chi connectivity index (χ1v) is 24.3. The molecule has 1 spiro atoms. The first-order valence-electron chi connectivity index (χ1n) is 23.0. The highest BCUT2D eigenvalue weighted by molar-refractivity contribution is 7.79. The second kappa shape index (κ2) is 14.9. The Kier molecular flexibility index (Phi) is 8.47. The average molecular weight is 870 g/mol. The topological polar surface area (TPSA) is 30.2 Å². The monoisotopic (exact) mass is 869 g/mol. The fourth-order valence-corrected chi connectivity index (χ4v) is 13.5. The molecule has 2 aliphatic carbocycles. The number of rotatable bonds is 6. The first-order chi connectivity index (χ1) is 33.2. The predicted molar refractivity (Wildman–Crippen MR) is 279 cm³/mol. The van der Waals surface area contributed by atoms with E-state index in [1.807, 2.05) is 6.07 Å². The van der Waals surface area contributed by atoms with Gasteiger partial charge < -0.3 is 0 Å². The SMILES string of the molecule is c1ccc(-c2nc3ccc(-c4ccc5c(c4)C4(c6ccccc6-c6ccccc64)c4cc(-c6ccc(P(c7ccccc7)c7ccccc7)cc6)ccc4-5)cc3c3nc4ccccc4n23)cc1. The quantitative estimate of drug-likeness (QED) is 0.156. The summed E-state index contributed by atoms with van der Waals surface area (Å²) in [5, 5.41) is 5.08. The molecule has 312 valence electrons. The van der Waals surface area contributed by atoms with Gasteiger partial charge in [0.25, 0.3) is 0 Å². The van der Waals surface area contributed by atoms with Crippen LogP contribution in [0, 0.1) is 0 Å². The third-order valence-corrected chi connectivity index (χ3v) is 16.6. The summed E-state index contributed by atoms with van der Waals surface area (Å²) < 4.78 is 2.23. The second-order valence-electron chi connectivity index (χ2n) is 17.7. The van der Waals surface area contributed by atoms with Crippen LogP contribution >= 0.6 is 7.92 Å². The molecule has 4 heteroatoms.